The van der Waals surface area contributed by atoms with Crippen LogP contribution in [0.5, 0.6) is 5.75 Å². The third-order valence-corrected chi connectivity index (χ3v) is 2.72. The Balaban J connectivity index is 2.32. The average molecular weight is 279 g/mol. The summed E-state index contributed by atoms with van der Waals surface area (Å²) in [5.74, 6) is 1.80. The Morgan fingerprint density at radius 1 is 1.05 bits per heavy atom. The van der Waals surface area contributed by atoms with E-state index >= 15 is 0 Å². The lowest BCUT2D eigenvalue weighted by Crippen LogP contribution is -2.35. The third-order valence-electron chi connectivity index (χ3n) is 2.72. The molecule has 5 nitrogen and oxygen atoms in total. The van der Waals surface area contributed by atoms with Crippen LogP contribution in [0.1, 0.15) is 5.56 Å². The lowest BCUT2D eigenvalue weighted by Gasteiger charge is -2.22. The quantitative estimate of drug-likeness (QED) is 0.451. The van der Waals surface area contributed by atoms with Crippen LogP contribution in [0.25, 0.3) is 0 Å². The largest absolute Gasteiger partial charge is 0.497 e. The lowest BCUT2D eigenvalue weighted by atomic mass is 10.2. The van der Waals surface area contributed by atoms with Crippen molar-refractivity contribution in [3.05, 3.63) is 29.8 Å². The van der Waals surface area contributed by atoms with Gasteiger partial charge in [0.05, 0.1) is 26.9 Å². The first kappa shape index (κ1) is 16.3. The van der Waals surface area contributed by atoms with Crippen molar-refractivity contribution in [1.29, 1.82) is 0 Å². The molecule has 0 atom stereocenters. The second kappa shape index (κ2) is 8.43. The van der Waals surface area contributed by atoms with E-state index in [-0.39, 0.29) is 0 Å². The van der Waals surface area contributed by atoms with Gasteiger partial charge in [-0.1, -0.05) is 12.1 Å². The summed E-state index contributed by atoms with van der Waals surface area (Å²) in [5.41, 5.74) is 1.13. The second-order valence-electron chi connectivity index (χ2n) is 4.87. The van der Waals surface area contributed by atoms with Crippen molar-refractivity contribution >= 4 is 5.96 Å². The minimum atomic E-state index is 0.596. The number of benzene rings is 1. The van der Waals surface area contributed by atoms with Gasteiger partial charge in [-0.3, -0.25) is 4.99 Å². The highest BCUT2D eigenvalue weighted by atomic mass is 16.5. The van der Waals surface area contributed by atoms with Gasteiger partial charge < -0.3 is 19.3 Å². The first-order valence-corrected chi connectivity index (χ1v) is 6.64. The topological polar surface area (TPSA) is 37.3 Å². The van der Waals surface area contributed by atoms with Crippen molar-refractivity contribution in [3.63, 3.8) is 0 Å². The molecule has 0 aliphatic rings. The smallest absolute Gasteiger partial charge is 0.195 e. The van der Waals surface area contributed by atoms with Gasteiger partial charge >= 0.3 is 0 Å². The number of aliphatic imine (C=N–C) groups is 1. The molecule has 0 aliphatic heterocycles. The second-order valence-corrected chi connectivity index (χ2v) is 4.87. The van der Waals surface area contributed by atoms with Crippen LogP contribution in [0.4, 0.5) is 0 Å². The number of nitrogens with zero attached hydrogens (tertiary/aromatic N) is 3. The summed E-state index contributed by atoms with van der Waals surface area (Å²) in [4.78, 5) is 8.48. The van der Waals surface area contributed by atoms with Crippen molar-refractivity contribution in [3.8, 4) is 5.75 Å². The minimum absolute atomic E-state index is 0.596. The molecule has 0 unspecified atom stereocenters. The third kappa shape index (κ3) is 5.48. The Morgan fingerprint density at radius 2 is 1.65 bits per heavy atom. The monoisotopic (exact) mass is 279 g/mol. The SMILES string of the molecule is COc1ccc(COCCN=C(N(C)C)N(C)C)cc1. The molecule has 1 rings (SSSR count). The molecular formula is C15H25N3O2. The zero-order valence-corrected chi connectivity index (χ0v) is 13.1. The Hall–Kier alpha value is -1.75. The number of hydrogen-bond donors (Lipinski definition) is 0. The highest BCUT2D eigenvalue weighted by molar-refractivity contribution is 5.79. The molecule has 0 aliphatic carbocycles. The van der Waals surface area contributed by atoms with Gasteiger partial charge in [-0.25, -0.2) is 0 Å². The fourth-order valence-corrected chi connectivity index (χ4v) is 1.80. The zero-order chi connectivity index (χ0) is 15.0. The fourth-order valence-electron chi connectivity index (χ4n) is 1.80. The summed E-state index contributed by atoms with van der Waals surface area (Å²) < 4.78 is 10.7. The van der Waals surface area contributed by atoms with E-state index in [9.17, 15) is 0 Å². The van der Waals surface area contributed by atoms with Crippen LogP contribution < -0.4 is 4.74 Å². The van der Waals surface area contributed by atoms with Gasteiger partial charge in [0, 0.05) is 28.2 Å². The standard InChI is InChI=1S/C15H25N3O2/c1-17(2)15(18(3)4)16-10-11-20-12-13-6-8-14(19-5)9-7-13/h6-9H,10-12H2,1-5H3. The first-order chi connectivity index (χ1) is 9.54. The van der Waals surface area contributed by atoms with Crippen LogP contribution >= 0.6 is 0 Å². The van der Waals surface area contributed by atoms with Gasteiger partial charge in [-0.2, -0.15) is 0 Å². The molecule has 0 heterocycles. The highest BCUT2D eigenvalue weighted by Crippen LogP contribution is 2.11. The number of guanidine groups is 1. The maximum absolute atomic E-state index is 5.62. The molecule has 0 radical (unpaired) electrons. The van der Waals surface area contributed by atoms with Crippen LogP contribution in [0.15, 0.2) is 29.3 Å². The number of ether oxygens (including phenoxy) is 2. The Morgan fingerprint density at radius 3 is 2.15 bits per heavy atom. The minimum Gasteiger partial charge on any atom is -0.497 e. The Bertz CT molecular complexity index is 404. The van der Waals surface area contributed by atoms with Crippen molar-refractivity contribution in [2.24, 2.45) is 4.99 Å². The molecule has 0 saturated heterocycles. The Labute approximate surface area is 121 Å². The molecule has 20 heavy (non-hydrogen) atoms. The summed E-state index contributed by atoms with van der Waals surface area (Å²) in [7, 11) is 9.60. The van der Waals surface area contributed by atoms with E-state index in [2.05, 4.69) is 4.99 Å². The summed E-state index contributed by atoms with van der Waals surface area (Å²) in [6, 6.07) is 7.89. The molecule has 5 heteroatoms. The van der Waals surface area contributed by atoms with E-state index in [1.54, 1.807) is 7.11 Å². The van der Waals surface area contributed by atoms with Gasteiger partial charge in [-0.15, -0.1) is 0 Å². The molecule has 0 saturated carbocycles. The van der Waals surface area contributed by atoms with E-state index in [0.29, 0.717) is 19.8 Å². The van der Waals surface area contributed by atoms with E-state index in [1.165, 1.54) is 0 Å². The summed E-state index contributed by atoms with van der Waals surface area (Å²) in [6.45, 7) is 1.86. The van der Waals surface area contributed by atoms with Crippen molar-refractivity contribution in [2.45, 2.75) is 6.61 Å². The molecule has 0 amide bonds. The zero-order valence-electron chi connectivity index (χ0n) is 13.1. The van der Waals surface area contributed by atoms with Crippen molar-refractivity contribution < 1.29 is 9.47 Å². The molecule has 1 aromatic rings. The molecule has 1 aromatic carbocycles. The number of hydrogen-bond acceptors (Lipinski definition) is 3. The maximum Gasteiger partial charge on any atom is 0.195 e. The van der Waals surface area contributed by atoms with Crippen LogP contribution in [0, 0.1) is 0 Å². The van der Waals surface area contributed by atoms with Crippen LogP contribution in [-0.4, -0.2) is 64.2 Å². The highest BCUT2D eigenvalue weighted by Gasteiger charge is 2.03. The molecule has 0 fully saturated rings. The first-order valence-electron chi connectivity index (χ1n) is 6.64. The fraction of sp³-hybridized carbons (Fsp3) is 0.533. The van der Waals surface area contributed by atoms with E-state index in [1.807, 2.05) is 62.3 Å². The van der Waals surface area contributed by atoms with Crippen LogP contribution in [-0.2, 0) is 11.3 Å². The molecule has 0 spiro atoms. The van der Waals surface area contributed by atoms with Gasteiger partial charge in [0.25, 0.3) is 0 Å². The molecular weight excluding hydrogens is 254 g/mol. The van der Waals surface area contributed by atoms with Gasteiger partial charge in [-0.05, 0) is 17.7 Å². The lowest BCUT2D eigenvalue weighted by molar-refractivity contribution is 0.128. The van der Waals surface area contributed by atoms with Gasteiger partial charge in [0.15, 0.2) is 5.96 Å². The predicted octanol–water partition coefficient (Wildman–Crippen LogP) is 1.69. The molecule has 0 N–H and O–H groups in total. The average Bonchev–Trinajstić information content (AvgIpc) is 2.42. The van der Waals surface area contributed by atoms with E-state index in [0.717, 1.165) is 17.3 Å². The molecule has 0 aromatic heterocycles. The van der Waals surface area contributed by atoms with E-state index < -0.39 is 0 Å². The number of rotatable bonds is 6. The summed E-state index contributed by atoms with van der Waals surface area (Å²) in [6.07, 6.45) is 0. The summed E-state index contributed by atoms with van der Waals surface area (Å²) in [5, 5.41) is 0. The maximum atomic E-state index is 5.62. The van der Waals surface area contributed by atoms with E-state index in [4.69, 9.17) is 9.47 Å². The molecule has 0 bridgehead atoms. The predicted molar refractivity (Wildman–Crippen MR) is 82.3 cm³/mol. The Kier molecular flexibility index (Phi) is 6.87. The van der Waals surface area contributed by atoms with Gasteiger partial charge in [0.2, 0.25) is 0 Å². The number of methoxy groups -OCH3 is 1. The van der Waals surface area contributed by atoms with Crippen molar-refractivity contribution in [1.82, 2.24) is 9.80 Å². The summed E-state index contributed by atoms with van der Waals surface area (Å²) >= 11 is 0. The van der Waals surface area contributed by atoms with Gasteiger partial charge in [0.1, 0.15) is 5.75 Å². The normalized spacial score (nSPS) is 10.1. The van der Waals surface area contributed by atoms with Crippen LogP contribution in [0.2, 0.25) is 0 Å². The molecule has 112 valence electrons. The van der Waals surface area contributed by atoms with Crippen LogP contribution in [0.3, 0.4) is 0 Å². The van der Waals surface area contributed by atoms with Crippen molar-refractivity contribution in [2.75, 3.05) is 48.5 Å².